The van der Waals surface area contributed by atoms with Crippen molar-refractivity contribution in [2.45, 2.75) is 24.7 Å². The highest BCUT2D eigenvalue weighted by Gasteiger charge is 2.30. The van der Waals surface area contributed by atoms with Gasteiger partial charge in [-0.15, -0.1) is 10.2 Å². The van der Waals surface area contributed by atoms with Crippen LogP contribution in [0.15, 0.2) is 48.9 Å². The zero-order valence-electron chi connectivity index (χ0n) is 15.1. The largest absolute Gasteiger partial charge is 0.506 e. The van der Waals surface area contributed by atoms with E-state index in [0.29, 0.717) is 31.2 Å². The molecule has 0 amide bonds. The SMILES string of the molecule is CCCSc1nnc2c(n1)OC(c1c(Br)cc(Br)c(O)c1Br)Nc1ccccc1-2. The van der Waals surface area contributed by atoms with Gasteiger partial charge >= 0.3 is 0 Å². The number of hydrogen-bond acceptors (Lipinski definition) is 7. The number of aromatic nitrogens is 3. The highest BCUT2D eigenvalue weighted by Crippen LogP contribution is 2.46. The third-order valence-electron chi connectivity index (χ3n) is 4.21. The molecule has 1 atom stereocenters. The number of halogens is 3. The van der Waals surface area contributed by atoms with Crippen molar-refractivity contribution in [1.82, 2.24) is 15.2 Å². The second kappa shape index (κ2) is 8.79. The van der Waals surface area contributed by atoms with Gasteiger partial charge in [-0.3, -0.25) is 0 Å². The van der Waals surface area contributed by atoms with E-state index in [1.54, 1.807) is 6.07 Å². The molecule has 1 aliphatic heterocycles. The van der Waals surface area contributed by atoms with Crippen molar-refractivity contribution in [3.8, 4) is 22.9 Å². The number of thioether (sulfide) groups is 1. The summed E-state index contributed by atoms with van der Waals surface area (Å²) in [4.78, 5) is 4.61. The third kappa shape index (κ3) is 4.12. The number of rotatable bonds is 4. The summed E-state index contributed by atoms with van der Waals surface area (Å²) in [5.74, 6) is 1.38. The van der Waals surface area contributed by atoms with Crippen molar-refractivity contribution < 1.29 is 9.84 Å². The maximum atomic E-state index is 10.4. The molecule has 0 bridgehead atoms. The average molecular weight is 603 g/mol. The van der Waals surface area contributed by atoms with Crippen molar-refractivity contribution in [1.29, 1.82) is 0 Å². The van der Waals surface area contributed by atoms with Gasteiger partial charge in [-0.2, -0.15) is 4.98 Å². The molecule has 0 radical (unpaired) electrons. The smallest absolute Gasteiger partial charge is 0.247 e. The first-order valence-electron chi connectivity index (χ1n) is 8.76. The van der Waals surface area contributed by atoms with Crippen LogP contribution >= 0.6 is 59.6 Å². The van der Waals surface area contributed by atoms with Gasteiger partial charge in [-0.1, -0.05) is 52.8 Å². The lowest BCUT2D eigenvalue weighted by Gasteiger charge is -2.22. The fourth-order valence-corrected chi connectivity index (χ4v) is 6.04. The van der Waals surface area contributed by atoms with E-state index in [4.69, 9.17) is 4.74 Å². The van der Waals surface area contributed by atoms with Gasteiger partial charge in [0.2, 0.25) is 17.3 Å². The Morgan fingerprint density at radius 3 is 2.76 bits per heavy atom. The zero-order chi connectivity index (χ0) is 20.5. The molecule has 6 nitrogen and oxygen atoms in total. The predicted molar refractivity (Wildman–Crippen MR) is 124 cm³/mol. The van der Waals surface area contributed by atoms with Crippen LogP contribution < -0.4 is 10.1 Å². The number of phenolic OH excluding ortho intramolecular Hbond substituents is 1. The topological polar surface area (TPSA) is 80.2 Å². The van der Waals surface area contributed by atoms with E-state index in [0.717, 1.165) is 27.9 Å². The standard InChI is InChI=1S/C19H15Br3N4O2S/c1-2-7-29-19-24-18-15(25-26-19)9-5-3-4-6-12(9)23-17(28-18)13-10(20)8-11(21)16(27)14(13)22/h3-6,8,17,23,27H,2,7H2,1H3. The first-order chi connectivity index (χ1) is 14.0. The Morgan fingerprint density at radius 1 is 1.17 bits per heavy atom. The lowest BCUT2D eigenvalue weighted by atomic mass is 10.1. The molecule has 1 aromatic heterocycles. The highest BCUT2D eigenvalue weighted by atomic mass is 79.9. The van der Waals surface area contributed by atoms with Gasteiger partial charge in [0.1, 0.15) is 5.75 Å². The number of benzene rings is 2. The van der Waals surface area contributed by atoms with E-state index in [2.05, 4.69) is 75.2 Å². The lowest BCUT2D eigenvalue weighted by molar-refractivity contribution is 0.223. The number of fused-ring (bicyclic) bond motifs is 3. The molecule has 1 unspecified atom stereocenters. The van der Waals surface area contributed by atoms with Crippen molar-refractivity contribution in [2.75, 3.05) is 11.1 Å². The first-order valence-corrected chi connectivity index (χ1v) is 12.1. The Morgan fingerprint density at radius 2 is 1.97 bits per heavy atom. The molecule has 29 heavy (non-hydrogen) atoms. The zero-order valence-corrected chi connectivity index (χ0v) is 20.7. The fraction of sp³-hybridized carbons (Fsp3) is 0.211. The van der Waals surface area contributed by atoms with E-state index in [9.17, 15) is 5.11 Å². The number of anilines is 1. The van der Waals surface area contributed by atoms with Crippen LogP contribution in [0.5, 0.6) is 11.6 Å². The molecule has 0 saturated carbocycles. The number of nitrogens with zero attached hydrogens (tertiary/aromatic N) is 3. The van der Waals surface area contributed by atoms with Gasteiger partial charge in [-0.05, 0) is 50.4 Å². The number of phenols is 1. The molecule has 0 fully saturated rings. The third-order valence-corrected chi connectivity index (χ3v) is 7.32. The van der Waals surface area contributed by atoms with E-state index in [1.807, 2.05) is 24.3 Å². The van der Waals surface area contributed by atoms with Gasteiger partial charge in [-0.25, -0.2) is 0 Å². The second-order valence-corrected chi connectivity index (χ2v) is 9.76. The van der Waals surface area contributed by atoms with Crippen LogP contribution in [-0.4, -0.2) is 26.0 Å². The van der Waals surface area contributed by atoms with E-state index in [1.165, 1.54) is 11.8 Å². The summed E-state index contributed by atoms with van der Waals surface area (Å²) in [5.41, 5.74) is 2.97. The van der Waals surface area contributed by atoms with Gasteiger partial charge in [0.05, 0.1) is 8.95 Å². The van der Waals surface area contributed by atoms with Crippen LogP contribution in [0.3, 0.4) is 0 Å². The fourth-order valence-electron chi connectivity index (χ4n) is 2.87. The van der Waals surface area contributed by atoms with Crippen LogP contribution in [0, 0.1) is 0 Å². The van der Waals surface area contributed by atoms with E-state index < -0.39 is 6.23 Å². The normalized spacial score (nSPS) is 15.0. The number of nitrogens with one attached hydrogen (secondary N) is 1. The molecular weight excluding hydrogens is 588 g/mol. The Balaban J connectivity index is 1.86. The molecule has 2 aromatic carbocycles. The predicted octanol–water partition coefficient (Wildman–Crippen LogP) is 6.54. The highest BCUT2D eigenvalue weighted by molar-refractivity contribution is 9.11. The van der Waals surface area contributed by atoms with Crippen LogP contribution in [0.25, 0.3) is 11.3 Å². The number of aromatic hydroxyl groups is 1. The number of para-hydroxylation sites is 1. The molecule has 10 heteroatoms. The van der Waals surface area contributed by atoms with Crippen molar-refractivity contribution >= 4 is 65.2 Å². The summed E-state index contributed by atoms with van der Waals surface area (Å²) in [7, 11) is 0. The quantitative estimate of drug-likeness (QED) is 0.328. The van der Waals surface area contributed by atoms with Crippen molar-refractivity contribution in [2.24, 2.45) is 0 Å². The molecule has 2 heterocycles. The minimum Gasteiger partial charge on any atom is -0.506 e. The summed E-state index contributed by atoms with van der Waals surface area (Å²) in [5, 5.41) is 23.0. The second-order valence-electron chi connectivity index (χ2n) is 6.20. The van der Waals surface area contributed by atoms with Crippen LogP contribution in [0.2, 0.25) is 0 Å². The maximum absolute atomic E-state index is 10.4. The molecule has 4 rings (SSSR count). The summed E-state index contributed by atoms with van der Waals surface area (Å²) >= 11 is 12.0. The number of hydrogen-bond donors (Lipinski definition) is 2. The Bertz CT molecular complexity index is 1080. The lowest BCUT2D eigenvalue weighted by Crippen LogP contribution is -2.18. The molecule has 0 saturated heterocycles. The molecular formula is C19H15Br3N4O2S. The van der Waals surface area contributed by atoms with Crippen LogP contribution in [0.4, 0.5) is 5.69 Å². The Hall–Kier alpha value is -1.36. The van der Waals surface area contributed by atoms with Gasteiger partial charge in [0.25, 0.3) is 0 Å². The maximum Gasteiger partial charge on any atom is 0.247 e. The minimum absolute atomic E-state index is 0.0892. The summed E-state index contributed by atoms with van der Waals surface area (Å²) in [6.07, 6.45) is 0.387. The van der Waals surface area contributed by atoms with Gasteiger partial charge in [0.15, 0.2) is 5.69 Å². The van der Waals surface area contributed by atoms with Gasteiger partial charge in [0, 0.05) is 27.0 Å². The monoisotopic (exact) mass is 600 g/mol. The number of ether oxygens (including phenoxy) is 1. The molecule has 3 aromatic rings. The van der Waals surface area contributed by atoms with Crippen molar-refractivity contribution in [3.05, 3.63) is 49.3 Å². The van der Waals surface area contributed by atoms with Gasteiger partial charge < -0.3 is 15.2 Å². The van der Waals surface area contributed by atoms with Crippen LogP contribution in [-0.2, 0) is 0 Å². The molecule has 0 spiro atoms. The van der Waals surface area contributed by atoms with E-state index in [-0.39, 0.29) is 5.75 Å². The van der Waals surface area contributed by atoms with Crippen LogP contribution in [0.1, 0.15) is 25.1 Å². The molecule has 150 valence electrons. The summed E-state index contributed by atoms with van der Waals surface area (Å²) in [6, 6.07) is 9.54. The first kappa shape index (κ1) is 20.9. The molecule has 1 aliphatic rings. The van der Waals surface area contributed by atoms with E-state index >= 15 is 0 Å². The minimum atomic E-state index is -0.624. The summed E-state index contributed by atoms with van der Waals surface area (Å²) in [6.45, 7) is 2.10. The Kier molecular flexibility index (Phi) is 6.33. The molecule has 2 N–H and O–H groups in total. The summed E-state index contributed by atoms with van der Waals surface area (Å²) < 4.78 is 8.12. The molecule has 0 aliphatic carbocycles. The van der Waals surface area contributed by atoms with Crippen molar-refractivity contribution in [3.63, 3.8) is 0 Å². The average Bonchev–Trinajstić information content (AvgIpc) is 2.87. The Labute approximate surface area is 197 Å².